The Labute approximate surface area is 159 Å². The molecule has 4 rings (SSSR count). The van der Waals surface area contributed by atoms with Crippen molar-refractivity contribution in [1.82, 2.24) is 14.5 Å². The van der Waals surface area contributed by atoms with Crippen LogP contribution in [0.3, 0.4) is 0 Å². The second-order valence-corrected chi connectivity index (χ2v) is 9.26. The highest BCUT2D eigenvalue weighted by Gasteiger charge is 2.50. The van der Waals surface area contributed by atoms with Crippen LogP contribution in [-0.4, -0.2) is 45.5 Å². The fourth-order valence-corrected chi connectivity index (χ4v) is 5.30. The van der Waals surface area contributed by atoms with E-state index in [1.165, 1.54) is 0 Å². The van der Waals surface area contributed by atoms with Gasteiger partial charge in [-0.25, -0.2) is 4.98 Å². The van der Waals surface area contributed by atoms with Gasteiger partial charge >= 0.3 is 5.97 Å². The number of para-hydroxylation sites is 2. The van der Waals surface area contributed by atoms with E-state index in [-0.39, 0.29) is 35.9 Å². The maximum atomic E-state index is 12.7. The molecule has 1 saturated heterocycles. The Hall–Kier alpha value is -2.37. The third kappa shape index (κ3) is 3.57. The van der Waals surface area contributed by atoms with Gasteiger partial charge in [0.25, 0.3) is 5.91 Å². The van der Waals surface area contributed by atoms with E-state index in [9.17, 15) is 9.59 Å². The van der Waals surface area contributed by atoms with Crippen LogP contribution in [0.1, 0.15) is 40.0 Å². The van der Waals surface area contributed by atoms with Gasteiger partial charge in [-0.15, -0.1) is 0 Å². The number of esters is 1. The first kappa shape index (κ1) is 18.0. The summed E-state index contributed by atoms with van der Waals surface area (Å²) >= 11 is 0. The number of carbonyl (C=O) groups is 2. The van der Waals surface area contributed by atoms with Gasteiger partial charge in [0.05, 0.1) is 17.4 Å². The van der Waals surface area contributed by atoms with Gasteiger partial charge < -0.3 is 14.2 Å². The molecule has 2 heterocycles. The maximum absolute atomic E-state index is 12.7. The molecule has 0 N–H and O–H groups in total. The fourth-order valence-electron chi connectivity index (χ4n) is 5.30. The number of amides is 1. The fraction of sp³-hybridized carbons (Fsp3) is 0.571. The predicted octanol–water partition coefficient (Wildman–Crippen LogP) is 3.01. The monoisotopic (exact) mass is 369 g/mol. The molecule has 144 valence electrons. The summed E-state index contributed by atoms with van der Waals surface area (Å²) in [5.74, 6) is -0.495. The Morgan fingerprint density at radius 3 is 2.81 bits per heavy atom. The Morgan fingerprint density at radius 2 is 2.00 bits per heavy atom. The Bertz CT molecular complexity index is 888. The van der Waals surface area contributed by atoms with Crippen LogP contribution in [0.5, 0.6) is 0 Å². The van der Waals surface area contributed by atoms with Crippen LogP contribution in [-0.2, 0) is 20.9 Å². The largest absolute Gasteiger partial charge is 0.454 e. The smallest absolute Gasteiger partial charge is 0.326 e. The number of carbonyl (C=O) groups excluding carboxylic acids is 2. The molecule has 2 fully saturated rings. The van der Waals surface area contributed by atoms with Gasteiger partial charge in [0.15, 0.2) is 6.61 Å². The minimum absolute atomic E-state index is 0.0575. The Kier molecular flexibility index (Phi) is 4.24. The SMILES string of the molecule is CC1(C)C[C@H]2C[C@](C)(CN2C(=O)COC(=O)Cn2cnc3ccccc32)C1. The zero-order chi connectivity index (χ0) is 19.2. The van der Waals surface area contributed by atoms with Crippen LogP contribution in [0.2, 0.25) is 0 Å². The number of nitrogens with zero attached hydrogens (tertiary/aromatic N) is 3. The highest BCUT2D eigenvalue weighted by Crippen LogP contribution is 2.52. The van der Waals surface area contributed by atoms with Gasteiger partial charge in [0.2, 0.25) is 0 Å². The van der Waals surface area contributed by atoms with Crippen molar-refractivity contribution >= 4 is 22.9 Å². The summed E-state index contributed by atoms with van der Waals surface area (Å²) in [6.07, 6.45) is 4.83. The van der Waals surface area contributed by atoms with E-state index in [0.717, 1.165) is 36.8 Å². The number of likely N-dealkylation sites (tertiary alicyclic amines) is 1. The van der Waals surface area contributed by atoms with Crippen LogP contribution < -0.4 is 0 Å². The summed E-state index contributed by atoms with van der Waals surface area (Å²) in [4.78, 5) is 31.1. The lowest BCUT2D eigenvalue weighted by Gasteiger charge is -2.39. The first-order valence-electron chi connectivity index (χ1n) is 9.60. The summed E-state index contributed by atoms with van der Waals surface area (Å²) in [7, 11) is 0. The number of aromatic nitrogens is 2. The normalized spacial score (nSPS) is 26.3. The number of rotatable bonds is 4. The number of hydrogen-bond donors (Lipinski definition) is 0. The van der Waals surface area contributed by atoms with Gasteiger partial charge in [0, 0.05) is 12.6 Å². The van der Waals surface area contributed by atoms with Crippen molar-refractivity contribution in [2.24, 2.45) is 10.8 Å². The van der Waals surface area contributed by atoms with Crippen molar-refractivity contribution in [1.29, 1.82) is 0 Å². The first-order valence-corrected chi connectivity index (χ1v) is 9.60. The number of fused-ring (bicyclic) bond motifs is 3. The number of ether oxygens (including phenoxy) is 1. The molecule has 2 bridgehead atoms. The van der Waals surface area contributed by atoms with Crippen molar-refractivity contribution in [3.8, 4) is 0 Å². The van der Waals surface area contributed by atoms with Crippen LogP contribution in [0.25, 0.3) is 11.0 Å². The van der Waals surface area contributed by atoms with Crippen LogP contribution in [0.15, 0.2) is 30.6 Å². The molecule has 2 atom stereocenters. The van der Waals surface area contributed by atoms with E-state index in [1.54, 1.807) is 10.9 Å². The molecule has 0 radical (unpaired) electrons. The van der Waals surface area contributed by atoms with Gasteiger partial charge in [-0.05, 0) is 42.2 Å². The molecule has 1 saturated carbocycles. The molecule has 6 heteroatoms. The topological polar surface area (TPSA) is 64.4 Å². The van der Waals surface area contributed by atoms with Gasteiger partial charge in [-0.3, -0.25) is 9.59 Å². The molecule has 27 heavy (non-hydrogen) atoms. The molecule has 6 nitrogen and oxygen atoms in total. The lowest BCUT2D eigenvalue weighted by molar-refractivity contribution is -0.153. The van der Waals surface area contributed by atoms with Crippen LogP contribution in [0, 0.1) is 10.8 Å². The third-order valence-corrected chi connectivity index (χ3v) is 5.92. The zero-order valence-corrected chi connectivity index (χ0v) is 16.3. The lowest BCUT2D eigenvalue weighted by Crippen LogP contribution is -2.40. The molecule has 2 aliphatic rings. The van der Waals surface area contributed by atoms with E-state index in [0.29, 0.717) is 0 Å². The van der Waals surface area contributed by atoms with E-state index in [4.69, 9.17) is 4.74 Å². The standard InChI is InChI=1S/C21H27N3O3/c1-20(2)8-15-9-21(3,12-20)13-24(15)18(25)11-27-19(26)10-23-14-22-16-6-4-5-7-17(16)23/h4-7,14-15H,8-13H2,1-3H3/t15-,21-/m0/s1. The number of hydrogen-bond acceptors (Lipinski definition) is 4. The molecule has 1 aromatic carbocycles. The van der Waals surface area contributed by atoms with Crippen molar-refractivity contribution in [3.63, 3.8) is 0 Å². The van der Waals surface area contributed by atoms with Crippen LogP contribution >= 0.6 is 0 Å². The zero-order valence-electron chi connectivity index (χ0n) is 16.3. The lowest BCUT2D eigenvalue weighted by atomic mass is 9.65. The molecule has 0 unspecified atom stereocenters. The minimum Gasteiger partial charge on any atom is -0.454 e. The van der Waals surface area contributed by atoms with Gasteiger partial charge in [0.1, 0.15) is 6.54 Å². The molecular formula is C21H27N3O3. The van der Waals surface area contributed by atoms with Gasteiger partial charge in [-0.2, -0.15) is 0 Å². The average Bonchev–Trinajstić information content (AvgIpc) is 3.10. The van der Waals surface area contributed by atoms with E-state index in [2.05, 4.69) is 25.8 Å². The predicted molar refractivity (Wildman–Crippen MR) is 102 cm³/mol. The number of benzene rings is 1. The summed E-state index contributed by atoms with van der Waals surface area (Å²) in [6.45, 7) is 7.47. The average molecular weight is 369 g/mol. The first-order chi connectivity index (χ1) is 12.7. The number of imidazole rings is 1. The molecule has 1 amide bonds. The third-order valence-electron chi connectivity index (χ3n) is 5.92. The van der Waals surface area contributed by atoms with E-state index >= 15 is 0 Å². The van der Waals surface area contributed by atoms with E-state index < -0.39 is 5.97 Å². The van der Waals surface area contributed by atoms with Crippen molar-refractivity contribution in [2.75, 3.05) is 13.2 Å². The summed E-state index contributed by atoms with van der Waals surface area (Å²) < 4.78 is 7.04. The van der Waals surface area contributed by atoms with E-state index in [1.807, 2.05) is 29.2 Å². The highest BCUT2D eigenvalue weighted by molar-refractivity contribution is 5.82. The van der Waals surface area contributed by atoms with Gasteiger partial charge in [-0.1, -0.05) is 32.9 Å². The summed E-state index contributed by atoms with van der Waals surface area (Å²) in [6, 6.07) is 7.89. The minimum atomic E-state index is -0.416. The molecule has 2 aromatic rings. The van der Waals surface area contributed by atoms with Crippen molar-refractivity contribution in [3.05, 3.63) is 30.6 Å². The molecule has 1 aromatic heterocycles. The molecule has 1 aliphatic heterocycles. The molecule has 1 aliphatic carbocycles. The maximum Gasteiger partial charge on any atom is 0.326 e. The Morgan fingerprint density at radius 1 is 1.22 bits per heavy atom. The quantitative estimate of drug-likeness (QED) is 0.777. The Balaban J connectivity index is 1.35. The van der Waals surface area contributed by atoms with Crippen molar-refractivity contribution in [2.45, 2.75) is 52.6 Å². The second kappa shape index (κ2) is 6.36. The second-order valence-electron chi connectivity index (χ2n) is 9.26. The highest BCUT2D eigenvalue weighted by atomic mass is 16.5. The molecular weight excluding hydrogens is 342 g/mol. The molecule has 0 spiro atoms. The van der Waals surface area contributed by atoms with Crippen LogP contribution in [0.4, 0.5) is 0 Å². The summed E-state index contributed by atoms with van der Waals surface area (Å²) in [5.41, 5.74) is 2.15. The summed E-state index contributed by atoms with van der Waals surface area (Å²) in [5, 5.41) is 0. The van der Waals surface area contributed by atoms with Crippen molar-refractivity contribution < 1.29 is 14.3 Å².